The molecule has 0 aliphatic carbocycles. The van der Waals surface area contributed by atoms with Gasteiger partial charge in [0, 0.05) is 24.7 Å². The molecule has 7 nitrogen and oxygen atoms in total. The molecule has 23 heavy (non-hydrogen) atoms. The van der Waals surface area contributed by atoms with Crippen LogP contribution in [0.1, 0.15) is 6.42 Å². The number of halogens is 1. The molecule has 0 spiro atoms. The van der Waals surface area contributed by atoms with Crippen LogP contribution < -0.4 is 5.32 Å². The van der Waals surface area contributed by atoms with Crippen molar-refractivity contribution in [1.82, 2.24) is 24.6 Å². The molecular weight excluding hydrogens is 316 g/mol. The minimum atomic E-state index is -0.121. The second kappa shape index (κ2) is 6.97. The molecule has 3 rings (SSSR count). The quantitative estimate of drug-likeness (QED) is 0.913. The van der Waals surface area contributed by atoms with Crippen molar-refractivity contribution in [2.45, 2.75) is 6.42 Å². The van der Waals surface area contributed by atoms with Gasteiger partial charge < -0.3 is 15.1 Å². The Hall–Kier alpha value is -2.12. The van der Waals surface area contributed by atoms with Gasteiger partial charge in [0.2, 0.25) is 0 Å². The van der Waals surface area contributed by atoms with Crippen LogP contribution in [0, 0.1) is 0 Å². The van der Waals surface area contributed by atoms with Crippen LogP contribution in [0.4, 0.5) is 10.5 Å². The van der Waals surface area contributed by atoms with E-state index in [2.05, 4.69) is 27.3 Å². The van der Waals surface area contributed by atoms with Crippen LogP contribution in [0.25, 0.3) is 5.69 Å². The van der Waals surface area contributed by atoms with Crippen molar-refractivity contribution in [1.29, 1.82) is 0 Å². The molecule has 1 aliphatic heterocycles. The summed E-state index contributed by atoms with van der Waals surface area (Å²) in [5, 5.41) is 7.62. The highest BCUT2D eigenvalue weighted by atomic mass is 35.5. The number of nitrogens with one attached hydrogen (secondary N) is 1. The second-order valence-electron chi connectivity index (χ2n) is 5.58. The number of rotatable bonds is 2. The van der Waals surface area contributed by atoms with Gasteiger partial charge in [-0.15, -0.1) is 0 Å². The van der Waals surface area contributed by atoms with Gasteiger partial charge in [-0.2, -0.15) is 5.10 Å². The molecular formula is C15H19ClN6O. The first-order valence-corrected chi connectivity index (χ1v) is 7.90. The van der Waals surface area contributed by atoms with Crippen LogP contribution in [0.3, 0.4) is 0 Å². The molecule has 0 unspecified atom stereocenters. The number of nitrogens with zero attached hydrogens (tertiary/aromatic N) is 5. The highest BCUT2D eigenvalue weighted by Gasteiger charge is 2.19. The Morgan fingerprint density at radius 1 is 1.26 bits per heavy atom. The van der Waals surface area contributed by atoms with Gasteiger partial charge in [0.25, 0.3) is 0 Å². The van der Waals surface area contributed by atoms with E-state index in [1.807, 2.05) is 11.0 Å². The number of benzene rings is 1. The topological polar surface area (TPSA) is 66.3 Å². The first-order chi connectivity index (χ1) is 11.1. The van der Waals surface area contributed by atoms with Gasteiger partial charge in [0.1, 0.15) is 12.7 Å². The number of urea groups is 1. The van der Waals surface area contributed by atoms with Crippen molar-refractivity contribution in [2.24, 2.45) is 0 Å². The molecule has 1 aromatic carbocycles. The Morgan fingerprint density at radius 2 is 2.13 bits per heavy atom. The lowest BCUT2D eigenvalue weighted by atomic mass is 10.2. The number of carbonyl (C=O) groups is 1. The molecule has 1 aliphatic rings. The Balaban J connectivity index is 1.79. The van der Waals surface area contributed by atoms with Crippen LogP contribution in [0.5, 0.6) is 0 Å². The maximum absolute atomic E-state index is 12.6. The second-order valence-corrected chi connectivity index (χ2v) is 6.01. The van der Waals surface area contributed by atoms with E-state index < -0.39 is 0 Å². The standard InChI is InChI=1S/C15H19ClN6O/c1-20-5-2-6-21(8-7-20)15(23)19-13-9-12(16)3-4-14(13)22-11-17-10-18-22/h3-4,9-11H,2,5-8H2,1H3,(H,19,23). The number of amides is 2. The number of anilines is 1. The van der Waals surface area contributed by atoms with Crippen LogP contribution in [0.2, 0.25) is 5.02 Å². The average Bonchev–Trinajstić information content (AvgIpc) is 2.96. The molecule has 2 aromatic rings. The molecule has 8 heteroatoms. The van der Waals surface area contributed by atoms with Gasteiger partial charge >= 0.3 is 6.03 Å². The zero-order valence-corrected chi connectivity index (χ0v) is 13.7. The predicted octanol–water partition coefficient (Wildman–Crippen LogP) is 2.09. The average molecular weight is 335 g/mol. The lowest BCUT2D eigenvalue weighted by Crippen LogP contribution is -2.37. The summed E-state index contributed by atoms with van der Waals surface area (Å²) in [6, 6.07) is 5.17. The third-order valence-electron chi connectivity index (χ3n) is 3.87. The zero-order valence-electron chi connectivity index (χ0n) is 12.9. The Kier molecular flexibility index (Phi) is 4.78. The van der Waals surface area contributed by atoms with Gasteiger partial charge in [-0.05, 0) is 38.2 Å². The van der Waals surface area contributed by atoms with E-state index in [9.17, 15) is 4.79 Å². The number of hydrogen-bond acceptors (Lipinski definition) is 4. The zero-order chi connectivity index (χ0) is 16.2. The van der Waals surface area contributed by atoms with Crippen molar-refractivity contribution in [2.75, 3.05) is 38.5 Å². The minimum Gasteiger partial charge on any atom is -0.323 e. The molecule has 1 saturated heterocycles. The SMILES string of the molecule is CN1CCCN(C(=O)Nc2cc(Cl)ccc2-n2cncn2)CC1. The first kappa shape index (κ1) is 15.8. The minimum absolute atomic E-state index is 0.121. The van der Waals surface area contributed by atoms with E-state index in [0.717, 1.165) is 31.7 Å². The summed E-state index contributed by atoms with van der Waals surface area (Å²) in [4.78, 5) is 20.6. The molecule has 0 saturated carbocycles. The predicted molar refractivity (Wildman–Crippen MR) is 89.1 cm³/mol. The van der Waals surface area contributed by atoms with Gasteiger partial charge in [0.05, 0.1) is 11.4 Å². The summed E-state index contributed by atoms with van der Waals surface area (Å²) in [7, 11) is 2.07. The maximum Gasteiger partial charge on any atom is 0.321 e. The summed E-state index contributed by atoms with van der Waals surface area (Å²) in [5.74, 6) is 0. The van der Waals surface area contributed by atoms with E-state index in [0.29, 0.717) is 17.3 Å². The smallest absolute Gasteiger partial charge is 0.321 e. The molecule has 122 valence electrons. The molecule has 1 aromatic heterocycles. The maximum atomic E-state index is 12.6. The summed E-state index contributed by atoms with van der Waals surface area (Å²) < 4.78 is 1.60. The molecule has 1 N–H and O–H groups in total. The largest absolute Gasteiger partial charge is 0.323 e. The summed E-state index contributed by atoms with van der Waals surface area (Å²) in [6.07, 6.45) is 4.00. The normalized spacial score (nSPS) is 16.2. The van der Waals surface area contributed by atoms with Gasteiger partial charge in [-0.25, -0.2) is 14.5 Å². The van der Waals surface area contributed by atoms with Gasteiger partial charge in [-0.3, -0.25) is 0 Å². The Labute approximate surface area is 139 Å². The van der Waals surface area contributed by atoms with E-state index in [4.69, 9.17) is 11.6 Å². The molecule has 0 atom stereocenters. The molecule has 1 fully saturated rings. The van der Waals surface area contributed by atoms with Crippen LogP contribution in [-0.2, 0) is 0 Å². The molecule has 0 bridgehead atoms. The fraction of sp³-hybridized carbons (Fsp3) is 0.400. The summed E-state index contributed by atoms with van der Waals surface area (Å²) in [5.41, 5.74) is 1.35. The van der Waals surface area contributed by atoms with Crippen LogP contribution in [0.15, 0.2) is 30.9 Å². The highest BCUT2D eigenvalue weighted by molar-refractivity contribution is 6.31. The van der Waals surface area contributed by atoms with E-state index in [1.54, 1.807) is 23.1 Å². The summed E-state index contributed by atoms with van der Waals surface area (Å²) in [6.45, 7) is 3.33. The fourth-order valence-corrected chi connectivity index (χ4v) is 2.76. The van der Waals surface area contributed by atoms with Crippen molar-refractivity contribution >= 4 is 23.3 Å². The van der Waals surface area contributed by atoms with Crippen molar-refractivity contribution in [3.63, 3.8) is 0 Å². The highest BCUT2D eigenvalue weighted by Crippen LogP contribution is 2.24. The third kappa shape index (κ3) is 3.80. The fourth-order valence-electron chi connectivity index (χ4n) is 2.58. The Bertz CT molecular complexity index is 675. The van der Waals surface area contributed by atoms with E-state index in [-0.39, 0.29) is 6.03 Å². The molecule has 0 radical (unpaired) electrons. The monoisotopic (exact) mass is 334 g/mol. The van der Waals surface area contributed by atoms with Gasteiger partial charge in [0.15, 0.2) is 0 Å². The summed E-state index contributed by atoms with van der Waals surface area (Å²) >= 11 is 6.08. The lowest BCUT2D eigenvalue weighted by molar-refractivity contribution is 0.213. The Morgan fingerprint density at radius 3 is 2.91 bits per heavy atom. The number of likely N-dealkylation sites (N-methyl/N-ethyl adjacent to an activating group) is 1. The molecule has 2 heterocycles. The van der Waals surface area contributed by atoms with Crippen molar-refractivity contribution < 1.29 is 4.79 Å². The number of carbonyl (C=O) groups excluding carboxylic acids is 1. The number of hydrogen-bond donors (Lipinski definition) is 1. The van der Waals surface area contributed by atoms with Crippen molar-refractivity contribution in [3.05, 3.63) is 35.9 Å². The third-order valence-corrected chi connectivity index (χ3v) is 4.11. The van der Waals surface area contributed by atoms with Crippen LogP contribution in [-0.4, -0.2) is 63.8 Å². The van der Waals surface area contributed by atoms with Crippen molar-refractivity contribution in [3.8, 4) is 5.69 Å². The van der Waals surface area contributed by atoms with E-state index >= 15 is 0 Å². The van der Waals surface area contributed by atoms with E-state index in [1.165, 1.54) is 6.33 Å². The number of aromatic nitrogens is 3. The first-order valence-electron chi connectivity index (χ1n) is 7.52. The lowest BCUT2D eigenvalue weighted by Gasteiger charge is -2.22. The molecule has 2 amide bonds. The van der Waals surface area contributed by atoms with Gasteiger partial charge in [-0.1, -0.05) is 11.6 Å². The van der Waals surface area contributed by atoms with Crippen LogP contribution >= 0.6 is 11.6 Å².